The van der Waals surface area contributed by atoms with E-state index in [-0.39, 0.29) is 18.1 Å². The van der Waals surface area contributed by atoms with Gasteiger partial charge in [-0.2, -0.15) is 0 Å². The molecular formula is C23H25N5O4S. The summed E-state index contributed by atoms with van der Waals surface area (Å²) < 4.78 is 10.4. The summed E-state index contributed by atoms with van der Waals surface area (Å²) in [4.78, 5) is 37.8. The number of nitrogens with one attached hydrogen (secondary N) is 2. The third-order valence-electron chi connectivity index (χ3n) is 4.38. The van der Waals surface area contributed by atoms with E-state index in [0.717, 1.165) is 22.1 Å². The number of hydrogen-bond acceptors (Lipinski definition) is 8. The Bertz CT molecular complexity index is 1090. The number of amides is 2. The van der Waals surface area contributed by atoms with Crippen molar-refractivity contribution < 1.29 is 19.1 Å². The molecule has 2 amide bonds. The topological polar surface area (TPSA) is 115 Å². The molecule has 2 aromatic heterocycles. The Kier molecular flexibility index (Phi) is 8.73. The van der Waals surface area contributed by atoms with E-state index < -0.39 is 11.8 Å². The molecule has 9 nitrogen and oxygen atoms in total. The summed E-state index contributed by atoms with van der Waals surface area (Å²) in [5.74, 6) is -0.138. The summed E-state index contributed by atoms with van der Waals surface area (Å²) in [5.41, 5.74) is 8.30. The molecule has 33 heavy (non-hydrogen) atoms. The number of aryl methyl sites for hydroxylation is 2. The maximum atomic E-state index is 12.5. The average Bonchev–Trinajstić information content (AvgIpc) is 2.81. The Morgan fingerprint density at radius 2 is 1.67 bits per heavy atom. The molecule has 0 atom stereocenters. The van der Waals surface area contributed by atoms with Gasteiger partial charge in [-0.25, -0.2) is 15.0 Å². The van der Waals surface area contributed by atoms with E-state index in [1.807, 2.05) is 32.0 Å². The van der Waals surface area contributed by atoms with Gasteiger partial charge in [0.05, 0.1) is 6.61 Å². The van der Waals surface area contributed by atoms with Gasteiger partial charge in [0.1, 0.15) is 12.2 Å². The molecule has 2 N–H and O–H groups in total. The molecule has 0 fully saturated rings. The predicted octanol–water partition coefficient (Wildman–Crippen LogP) is 2.88. The van der Waals surface area contributed by atoms with Crippen LogP contribution in [0.25, 0.3) is 0 Å². The molecule has 0 aliphatic carbocycles. The number of carbonyl (C=O) groups excluding carboxylic acids is 2. The van der Waals surface area contributed by atoms with Crippen LogP contribution in [-0.2, 0) is 10.5 Å². The van der Waals surface area contributed by atoms with Crippen LogP contribution in [0.4, 0.5) is 0 Å². The lowest BCUT2D eigenvalue weighted by atomic mass is 10.1. The highest BCUT2D eigenvalue weighted by Gasteiger charge is 2.15. The fourth-order valence-electron chi connectivity index (χ4n) is 2.81. The zero-order valence-electron chi connectivity index (χ0n) is 18.6. The van der Waals surface area contributed by atoms with Gasteiger partial charge in [0.2, 0.25) is 5.88 Å². The summed E-state index contributed by atoms with van der Waals surface area (Å²) in [6.45, 7) is 4.49. The Morgan fingerprint density at radius 1 is 0.970 bits per heavy atom. The second kappa shape index (κ2) is 11.9. The monoisotopic (exact) mass is 467 g/mol. The second-order valence-corrected chi connectivity index (χ2v) is 7.97. The molecule has 3 aromatic rings. The molecule has 172 valence electrons. The minimum absolute atomic E-state index is 0.163. The molecule has 2 heterocycles. The highest BCUT2D eigenvalue weighted by atomic mass is 32.2. The van der Waals surface area contributed by atoms with Crippen LogP contribution in [-0.4, -0.2) is 47.1 Å². The fourth-order valence-corrected chi connectivity index (χ4v) is 3.72. The van der Waals surface area contributed by atoms with Gasteiger partial charge >= 0.3 is 0 Å². The zero-order chi connectivity index (χ0) is 23.6. The largest absolute Gasteiger partial charge is 0.475 e. The SMILES string of the molecule is COCCOc1ncccc1C(=O)NNC(=O)c1ccc(CSc2nc(C)cc(C)n2)cc1. The average molecular weight is 468 g/mol. The highest BCUT2D eigenvalue weighted by Crippen LogP contribution is 2.20. The smallest absolute Gasteiger partial charge is 0.275 e. The summed E-state index contributed by atoms with van der Waals surface area (Å²) in [7, 11) is 1.55. The van der Waals surface area contributed by atoms with Crippen molar-refractivity contribution >= 4 is 23.6 Å². The number of benzene rings is 1. The summed E-state index contributed by atoms with van der Waals surface area (Å²) in [5, 5.41) is 0.720. The van der Waals surface area contributed by atoms with Crippen molar-refractivity contribution in [1.29, 1.82) is 0 Å². The molecule has 0 aliphatic rings. The van der Waals surface area contributed by atoms with E-state index >= 15 is 0 Å². The first-order chi connectivity index (χ1) is 16.0. The minimum atomic E-state index is -0.537. The fraction of sp³-hybridized carbons (Fsp3) is 0.261. The number of hydrazine groups is 1. The van der Waals surface area contributed by atoms with Crippen LogP contribution in [0.1, 0.15) is 37.7 Å². The number of aromatic nitrogens is 3. The molecule has 0 radical (unpaired) electrons. The van der Waals surface area contributed by atoms with Gasteiger partial charge in [-0.05, 0) is 49.7 Å². The van der Waals surface area contributed by atoms with Crippen LogP contribution in [0.5, 0.6) is 5.88 Å². The van der Waals surface area contributed by atoms with E-state index in [9.17, 15) is 9.59 Å². The number of nitrogens with zero attached hydrogens (tertiary/aromatic N) is 3. The molecule has 3 rings (SSSR count). The van der Waals surface area contributed by atoms with Gasteiger partial charge in [-0.3, -0.25) is 20.4 Å². The molecular weight excluding hydrogens is 442 g/mol. The summed E-state index contributed by atoms with van der Waals surface area (Å²) in [6.07, 6.45) is 1.52. The van der Waals surface area contributed by atoms with Crippen molar-refractivity contribution in [3.63, 3.8) is 0 Å². The lowest BCUT2D eigenvalue weighted by molar-refractivity contribution is 0.0842. The van der Waals surface area contributed by atoms with Crippen molar-refractivity contribution in [3.8, 4) is 5.88 Å². The number of rotatable bonds is 9. The van der Waals surface area contributed by atoms with Crippen LogP contribution in [0.2, 0.25) is 0 Å². The lowest BCUT2D eigenvalue weighted by Gasteiger charge is -2.11. The third-order valence-corrected chi connectivity index (χ3v) is 5.30. The number of ether oxygens (including phenoxy) is 2. The maximum absolute atomic E-state index is 12.5. The number of thioether (sulfide) groups is 1. The van der Waals surface area contributed by atoms with Gasteiger partial charge in [0, 0.05) is 36.0 Å². The van der Waals surface area contributed by atoms with Gasteiger partial charge in [0.25, 0.3) is 11.8 Å². The normalized spacial score (nSPS) is 10.5. The van der Waals surface area contributed by atoms with Crippen molar-refractivity contribution in [2.75, 3.05) is 20.3 Å². The van der Waals surface area contributed by atoms with Crippen LogP contribution in [0.15, 0.2) is 53.8 Å². The molecule has 10 heteroatoms. The Hall–Kier alpha value is -3.50. The highest BCUT2D eigenvalue weighted by molar-refractivity contribution is 7.98. The molecule has 0 aliphatic heterocycles. The van der Waals surface area contributed by atoms with Crippen molar-refractivity contribution in [1.82, 2.24) is 25.8 Å². The van der Waals surface area contributed by atoms with Crippen molar-refractivity contribution in [2.45, 2.75) is 24.8 Å². The quantitative estimate of drug-likeness (QED) is 0.214. The van der Waals surface area contributed by atoms with Crippen LogP contribution in [0, 0.1) is 13.8 Å². The first kappa shape index (κ1) is 24.1. The lowest BCUT2D eigenvalue weighted by Crippen LogP contribution is -2.41. The maximum Gasteiger partial charge on any atom is 0.275 e. The third kappa shape index (κ3) is 7.26. The van der Waals surface area contributed by atoms with Crippen molar-refractivity contribution in [2.24, 2.45) is 0 Å². The van der Waals surface area contributed by atoms with Crippen LogP contribution >= 0.6 is 11.8 Å². The first-order valence-electron chi connectivity index (χ1n) is 10.2. The molecule has 0 bridgehead atoms. The first-order valence-corrected chi connectivity index (χ1v) is 11.2. The molecule has 0 spiro atoms. The van der Waals surface area contributed by atoms with E-state index in [1.54, 1.807) is 31.4 Å². The zero-order valence-corrected chi connectivity index (χ0v) is 19.4. The molecule has 1 aromatic carbocycles. The van der Waals surface area contributed by atoms with E-state index in [1.165, 1.54) is 18.0 Å². The predicted molar refractivity (Wildman–Crippen MR) is 124 cm³/mol. The minimum Gasteiger partial charge on any atom is -0.475 e. The van der Waals surface area contributed by atoms with Crippen LogP contribution < -0.4 is 15.6 Å². The summed E-state index contributed by atoms with van der Waals surface area (Å²) in [6, 6.07) is 12.2. The molecule has 0 saturated heterocycles. The van der Waals surface area contributed by atoms with Crippen molar-refractivity contribution in [3.05, 3.63) is 76.7 Å². The van der Waals surface area contributed by atoms with Gasteiger partial charge < -0.3 is 9.47 Å². The number of hydrogen-bond donors (Lipinski definition) is 2. The van der Waals surface area contributed by atoms with E-state index in [2.05, 4.69) is 25.8 Å². The molecule has 0 unspecified atom stereocenters. The Balaban J connectivity index is 1.53. The van der Waals surface area contributed by atoms with Crippen LogP contribution in [0.3, 0.4) is 0 Å². The Labute approximate surface area is 196 Å². The van der Waals surface area contributed by atoms with Gasteiger partial charge in [0.15, 0.2) is 5.16 Å². The number of methoxy groups -OCH3 is 1. The standard InChI is InChI=1S/C23H25N5O4S/c1-15-13-16(2)26-23(25-15)33-14-17-6-8-18(9-7-17)20(29)27-28-21(30)19-5-4-10-24-22(19)32-12-11-31-3/h4-10,13H,11-12,14H2,1-3H3,(H,27,29)(H,28,30). The second-order valence-electron chi connectivity index (χ2n) is 7.02. The van der Waals surface area contributed by atoms with Gasteiger partial charge in [-0.15, -0.1) is 0 Å². The number of carbonyl (C=O) groups is 2. The van der Waals surface area contributed by atoms with E-state index in [0.29, 0.717) is 17.9 Å². The van der Waals surface area contributed by atoms with Gasteiger partial charge in [-0.1, -0.05) is 23.9 Å². The molecule has 0 saturated carbocycles. The Morgan fingerprint density at radius 3 is 2.36 bits per heavy atom. The van der Waals surface area contributed by atoms with E-state index in [4.69, 9.17) is 9.47 Å². The number of pyridine rings is 1. The summed E-state index contributed by atoms with van der Waals surface area (Å²) >= 11 is 1.53.